The Kier molecular flexibility index (Phi) is 10.8. The molecular weight excluding hydrogens is 775 g/mol. The van der Waals surface area contributed by atoms with Crippen molar-refractivity contribution in [1.29, 1.82) is 0 Å². The van der Waals surface area contributed by atoms with Gasteiger partial charge in [0.25, 0.3) is 5.85 Å². The zero-order chi connectivity index (χ0) is 38.8. The standard InChI is InChI=1S/C24HBF19O4.2CH3.Al/c26-3-1-2(4(27)6(29)5(3)28)23(19(40)21(42)24(44,45)22(43)20(23)41)48-25(46-17-13(36)9(32)7(30)10(33)14(17)37)47-18-15(38)11(34)8(31)12(35)16(18)39;;;/h1H;2*1H3;/q-1;;;+1. The van der Waals surface area contributed by atoms with E-state index >= 15 is 26.3 Å². The maximum atomic E-state index is 16.0. The molecule has 0 N–H and O–H groups in total. The second-order valence-electron chi connectivity index (χ2n) is 9.99. The molecule has 0 radical (unpaired) electrons. The van der Waals surface area contributed by atoms with Gasteiger partial charge in [0.15, 0.2) is 52.0 Å². The van der Waals surface area contributed by atoms with Crippen molar-refractivity contribution >= 4 is 21.8 Å². The van der Waals surface area contributed by atoms with Gasteiger partial charge in [-0.3, -0.25) is 0 Å². The van der Waals surface area contributed by atoms with Gasteiger partial charge in [-0.25, -0.2) is 61.5 Å². The highest BCUT2D eigenvalue weighted by Crippen LogP contribution is 2.56. The monoisotopic (exact) mass is 782 g/mol. The van der Waals surface area contributed by atoms with Gasteiger partial charge in [-0.2, -0.15) is 22.0 Å². The highest BCUT2D eigenvalue weighted by atomic mass is 27.2. The van der Waals surface area contributed by atoms with Gasteiger partial charge in [0.1, 0.15) is 0 Å². The third-order valence-corrected chi connectivity index (χ3v) is 7.28. The molecule has 0 aliphatic heterocycles. The van der Waals surface area contributed by atoms with Crippen molar-refractivity contribution in [2.24, 2.45) is 0 Å². The van der Waals surface area contributed by atoms with E-state index in [1.165, 1.54) is 0 Å². The molecule has 0 unspecified atom stereocenters. The van der Waals surface area contributed by atoms with Crippen LogP contribution in [0, 0.1) is 81.4 Å². The predicted octanol–water partition coefficient (Wildman–Crippen LogP) is 9.24. The van der Waals surface area contributed by atoms with Gasteiger partial charge >= 0.3 is 21.8 Å². The molecular formula is C26H7AlBF19O4. The second-order valence-corrected chi connectivity index (χ2v) is 12.3. The van der Waals surface area contributed by atoms with Gasteiger partial charge in [-0.1, -0.05) is 11.6 Å². The molecule has 3 aromatic rings. The average Bonchev–Trinajstić information content (AvgIpc) is 3.08. The molecule has 0 atom stereocenters. The van der Waals surface area contributed by atoms with E-state index in [1.807, 2.05) is 0 Å². The highest BCUT2D eigenvalue weighted by molar-refractivity contribution is 6.48. The summed E-state index contributed by atoms with van der Waals surface area (Å²) in [6.45, 7) is 0. The molecule has 0 heterocycles. The molecule has 0 spiro atoms. The fourth-order valence-corrected chi connectivity index (χ4v) is 5.09. The number of hydrogen-bond acceptors (Lipinski definition) is 4. The number of hydrogen-bond donors (Lipinski definition) is 0. The maximum Gasteiger partial charge on any atom is 0.789 e. The van der Waals surface area contributed by atoms with Crippen LogP contribution >= 0.6 is 0 Å². The van der Waals surface area contributed by atoms with E-state index in [4.69, 9.17) is 0 Å². The Morgan fingerprint density at radius 3 is 1.16 bits per heavy atom. The fraction of sp³-hybridized carbons (Fsp3) is 0.154. The molecule has 4 rings (SSSR count). The van der Waals surface area contributed by atoms with Crippen LogP contribution in [0.1, 0.15) is 5.56 Å². The molecule has 3 aromatic carbocycles. The summed E-state index contributed by atoms with van der Waals surface area (Å²) in [7, 11) is -4.40. The lowest BCUT2D eigenvalue weighted by molar-refractivity contribution is -0.0637. The molecule has 0 aromatic heterocycles. The Balaban J connectivity index is 2.14. The largest absolute Gasteiger partial charge is 0.789 e. The van der Waals surface area contributed by atoms with Gasteiger partial charge in [0, 0.05) is 5.56 Å². The van der Waals surface area contributed by atoms with Crippen LogP contribution in [0.3, 0.4) is 0 Å². The molecule has 1 aliphatic rings. The van der Waals surface area contributed by atoms with Crippen molar-refractivity contribution in [2.75, 3.05) is 0 Å². The van der Waals surface area contributed by atoms with E-state index in [0.29, 0.717) is 0 Å². The first-order valence-corrected chi connectivity index (χ1v) is 15.6. The second kappa shape index (κ2) is 13.8. The fourth-order valence-electron chi connectivity index (χ4n) is 4.23. The van der Waals surface area contributed by atoms with Crippen LogP contribution in [-0.4, -0.2) is 27.7 Å². The summed E-state index contributed by atoms with van der Waals surface area (Å²) in [5.41, 5.74) is -8.07. The SMILES string of the molecule is [CH3][Al]([CH3])[O]C1(F)C(F)=C(F)C(OB(Oc2c(F)c(F)c(F)c(F)c2F)Oc2c(F)c(F)c(F)c(F)c2F)(c2cc(F)c(F)c(F)c2F)C(F)=C1F. The summed E-state index contributed by atoms with van der Waals surface area (Å²) >= 11 is -3.23. The van der Waals surface area contributed by atoms with Crippen LogP contribution in [0.4, 0.5) is 83.4 Å². The molecule has 25 heteroatoms. The van der Waals surface area contributed by atoms with Crippen LogP contribution < -0.4 is 9.31 Å². The lowest BCUT2D eigenvalue weighted by Gasteiger charge is -2.39. The van der Waals surface area contributed by atoms with Crippen molar-refractivity contribution in [3.63, 3.8) is 0 Å². The number of rotatable bonds is 9. The Morgan fingerprint density at radius 2 is 0.804 bits per heavy atom. The first-order chi connectivity index (χ1) is 23.5. The predicted molar refractivity (Wildman–Crippen MR) is 129 cm³/mol. The van der Waals surface area contributed by atoms with E-state index in [1.54, 1.807) is 0 Å². The molecule has 0 fully saturated rings. The third-order valence-electron chi connectivity index (χ3n) is 6.49. The van der Waals surface area contributed by atoms with Gasteiger partial charge in [-0.15, -0.1) is 0 Å². The van der Waals surface area contributed by atoms with E-state index < -0.39 is 161 Å². The van der Waals surface area contributed by atoms with E-state index in [2.05, 4.69) is 17.8 Å². The number of alkyl halides is 1. The molecule has 51 heavy (non-hydrogen) atoms. The zero-order valence-corrected chi connectivity index (χ0v) is 25.2. The molecule has 0 bridgehead atoms. The Morgan fingerprint density at radius 1 is 0.471 bits per heavy atom. The van der Waals surface area contributed by atoms with Gasteiger partial charge in [-0.05, 0) is 6.07 Å². The van der Waals surface area contributed by atoms with E-state index in [-0.39, 0.29) is 0 Å². The zero-order valence-electron chi connectivity index (χ0n) is 24.0. The molecule has 1 aliphatic carbocycles. The summed E-state index contributed by atoms with van der Waals surface area (Å²) in [5.74, 6) is -65.2. The summed E-state index contributed by atoms with van der Waals surface area (Å²) in [5, 5.41) is 0. The normalized spacial score (nSPS) is 19.2. The van der Waals surface area contributed by atoms with Gasteiger partial charge in [0.05, 0.1) is 0 Å². The van der Waals surface area contributed by atoms with Crippen LogP contribution in [0.5, 0.6) is 11.5 Å². The smallest absolute Gasteiger partial charge is 0.496 e. The van der Waals surface area contributed by atoms with Crippen molar-refractivity contribution in [1.82, 2.24) is 0 Å². The Hall–Kier alpha value is -4.07. The van der Waals surface area contributed by atoms with Crippen molar-refractivity contribution < 1.29 is 101 Å². The minimum Gasteiger partial charge on any atom is -0.496 e. The Bertz CT molecular complexity index is 1870. The minimum atomic E-state index is -5.34. The number of halogens is 19. The van der Waals surface area contributed by atoms with Crippen molar-refractivity contribution in [3.8, 4) is 11.5 Å². The van der Waals surface area contributed by atoms with Crippen LogP contribution in [0.2, 0.25) is 11.6 Å². The molecule has 0 saturated heterocycles. The van der Waals surface area contributed by atoms with Gasteiger partial charge in [0.2, 0.25) is 69.8 Å². The highest BCUT2D eigenvalue weighted by Gasteiger charge is 2.64. The topological polar surface area (TPSA) is 36.9 Å². The lowest BCUT2D eigenvalue weighted by Crippen LogP contribution is -2.50. The quantitative estimate of drug-likeness (QED) is 0.0940. The van der Waals surface area contributed by atoms with Gasteiger partial charge < -0.3 is 17.8 Å². The summed E-state index contributed by atoms with van der Waals surface area (Å²) < 4.78 is 293. The maximum absolute atomic E-state index is 16.0. The minimum absolute atomic E-state index is 0.898. The summed E-state index contributed by atoms with van der Waals surface area (Å²) in [6, 6.07) is -0.898. The van der Waals surface area contributed by atoms with E-state index in [9.17, 15) is 57.1 Å². The summed E-state index contributed by atoms with van der Waals surface area (Å²) in [6.07, 6.45) is 0. The molecule has 0 saturated carbocycles. The van der Waals surface area contributed by atoms with Crippen molar-refractivity contribution in [3.05, 3.63) is 116 Å². The molecule has 4 nitrogen and oxygen atoms in total. The average molecular weight is 782 g/mol. The summed E-state index contributed by atoms with van der Waals surface area (Å²) in [4.78, 5) is 0. The Labute approximate surface area is 274 Å². The van der Waals surface area contributed by atoms with Crippen molar-refractivity contribution in [2.45, 2.75) is 23.0 Å². The number of benzene rings is 3. The first-order valence-electron chi connectivity index (χ1n) is 12.8. The lowest BCUT2D eigenvalue weighted by atomic mass is 9.82. The van der Waals surface area contributed by atoms with E-state index in [0.717, 1.165) is 11.6 Å². The molecule has 274 valence electrons. The third kappa shape index (κ3) is 6.16. The van der Waals surface area contributed by atoms with Crippen LogP contribution in [-0.2, 0) is 14.0 Å². The first kappa shape index (κ1) is 39.7. The molecule has 0 amide bonds. The van der Waals surface area contributed by atoms with Crippen LogP contribution in [0.15, 0.2) is 29.4 Å². The van der Waals surface area contributed by atoms with Crippen LogP contribution in [0.25, 0.3) is 0 Å².